The first-order valence-electron chi connectivity index (χ1n) is 8.95. The largest absolute Gasteiger partial charge is 0.336 e. The number of halogens is 1. The van der Waals surface area contributed by atoms with Gasteiger partial charge in [-0.05, 0) is 61.4 Å². The molecule has 0 aliphatic rings. The van der Waals surface area contributed by atoms with Gasteiger partial charge in [0.1, 0.15) is 5.82 Å². The maximum absolute atomic E-state index is 12.9. The van der Waals surface area contributed by atoms with Crippen LogP contribution in [0, 0.1) is 19.7 Å². The summed E-state index contributed by atoms with van der Waals surface area (Å²) in [7, 11) is -2.27. The maximum atomic E-state index is 12.9. The molecule has 0 aliphatic carbocycles. The van der Waals surface area contributed by atoms with Crippen LogP contribution in [0.5, 0.6) is 0 Å². The monoisotopic (exact) mass is 421 g/mol. The number of sulfonamides is 1. The summed E-state index contributed by atoms with van der Waals surface area (Å²) in [4.78, 5) is 25.5. The highest BCUT2D eigenvalue weighted by Gasteiger charge is 2.17. The summed E-state index contributed by atoms with van der Waals surface area (Å²) in [5.41, 5.74) is 2.26. The van der Waals surface area contributed by atoms with Gasteiger partial charge in [-0.2, -0.15) is 0 Å². The van der Waals surface area contributed by atoms with Crippen LogP contribution in [-0.2, 0) is 19.6 Å². The van der Waals surface area contributed by atoms with E-state index in [1.165, 1.54) is 42.3 Å². The van der Waals surface area contributed by atoms with E-state index in [9.17, 15) is 22.4 Å². The Balaban J connectivity index is 1.82. The second-order valence-corrected chi connectivity index (χ2v) is 8.47. The number of nitrogens with one attached hydrogen (secondary N) is 2. The number of aryl methyl sites for hydroxylation is 2. The van der Waals surface area contributed by atoms with Gasteiger partial charge in [0.2, 0.25) is 21.8 Å². The highest BCUT2D eigenvalue weighted by Crippen LogP contribution is 2.14. The van der Waals surface area contributed by atoms with Gasteiger partial charge < -0.3 is 10.2 Å². The van der Waals surface area contributed by atoms with Gasteiger partial charge in [-0.25, -0.2) is 17.5 Å². The number of benzene rings is 2. The number of anilines is 1. The van der Waals surface area contributed by atoms with E-state index in [0.29, 0.717) is 5.69 Å². The smallest absolute Gasteiger partial charge is 0.243 e. The summed E-state index contributed by atoms with van der Waals surface area (Å²) < 4.78 is 39.9. The number of carbonyl (C=O) groups excluding carboxylic acids is 2. The number of rotatable bonds is 8. The molecule has 2 N–H and O–H groups in total. The van der Waals surface area contributed by atoms with Gasteiger partial charge in [0.25, 0.3) is 0 Å². The Morgan fingerprint density at radius 1 is 1.03 bits per heavy atom. The molecule has 2 rings (SSSR count). The van der Waals surface area contributed by atoms with Gasteiger partial charge in [-0.1, -0.05) is 6.07 Å². The van der Waals surface area contributed by atoms with Crippen molar-refractivity contribution in [1.29, 1.82) is 0 Å². The number of amides is 2. The summed E-state index contributed by atoms with van der Waals surface area (Å²) in [6, 6.07) is 10.1. The van der Waals surface area contributed by atoms with E-state index in [1.807, 2.05) is 13.8 Å². The molecule has 2 aromatic rings. The third kappa shape index (κ3) is 6.65. The molecule has 156 valence electrons. The zero-order chi connectivity index (χ0) is 21.6. The topological polar surface area (TPSA) is 95.6 Å². The van der Waals surface area contributed by atoms with Crippen LogP contribution in [0.2, 0.25) is 0 Å². The third-order valence-corrected chi connectivity index (χ3v) is 5.81. The van der Waals surface area contributed by atoms with E-state index < -0.39 is 21.7 Å². The molecule has 9 heteroatoms. The fraction of sp³-hybridized carbons (Fsp3) is 0.300. The van der Waals surface area contributed by atoms with Crippen molar-refractivity contribution in [2.24, 2.45) is 0 Å². The molecular formula is C20H24FN3O4S. The third-order valence-electron chi connectivity index (χ3n) is 4.35. The molecule has 0 aliphatic heterocycles. The van der Waals surface area contributed by atoms with Crippen LogP contribution in [0.25, 0.3) is 0 Å². The lowest BCUT2D eigenvalue weighted by Crippen LogP contribution is -2.37. The van der Waals surface area contributed by atoms with E-state index >= 15 is 0 Å². The second-order valence-electron chi connectivity index (χ2n) is 6.70. The van der Waals surface area contributed by atoms with Crippen molar-refractivity contribution in [2.75, 3.05) is 25.5 Å². The molecule has 2 aromatic carbocycles. The van der Waals surface area contributed by atoms with E-state index in [-0.39, 0.29) is 30.3 Å². The van der Waals surface area contributed by atoms with Crippen molar-refractivity contribution in [1.82, 2.24) is 9.62 Å². The molecule has 0 aromatic heterocycles. The Labute approximate surface area is 170 Å². The van der Waals surface area contributed by atoms with E-state index in [4.69, 9.17) is 0 Å². The van der Waals surface area contributed by atoms with Gasteiger partial charge >= 0.3 is 0 Å². The van der Waals surface area contributed by atoms with Crippen LogP contribution in [-0.4, -0.2) is 45.3 Å². The standard InChI is InChI=1S/C20H24FN3O4S/c1-14-4-9-18(12-15(14)2)29(27,28)22-11-10-20(26)24(3)13-19(25)23-17-7-5-16(21)6-8-17/h4-9,12,22H,10-11,13H2,1-3H3,(H,23,25). The van der Waals surface area contributed by atoms with E-state index in [0.717, 1.165) is 11.1 Å². The molecule has 0 heterocycles. The number of likely N-dealkylation sites (N-methyl/N-ethyl adjacent to an activating group) is 1. The fourth-order valence-corrected chi connectivity index (χ4v) is 3.60. The molecule has 0 bridgehead atoms. The van der Waals surface area contributed by atoms with E-state index in [2.05, 4.69) is 10.0 Å². The normalized spacial score (nSPS) is 11.2. The van der Waals surface area contributed by atoms with Gasteiger partial charge in [-0.3, -0.25) is 9.59 Å². The number of hydrogen-bond acceptors (Lipinski definition) is 4. The van der Waals surface area contributed by atoms with E-state index in [1.54, 1.807) is 12.1 Å². The SMILES string of the molecule is Cc1ccc(S(=O)(=O)NCCC(=O)N(C)CC(=O)Nc2ccc(F)cc2)cc1C. The number of carbonyl (C=O) groups is 2. The highest BCUT2D eigenvalue weighted by atomic mass is 32.2. The van der Waals surface area contributed by atoms with Crippen molar-refractivity contribution in [2.45, 2.75) is 25.2 Å². The van der Waals surface area contributed by atoms with Crippen LogP contribution in [0.4, 0.5) is 10.1 Å². The Morgan fingerprint density at radius 2 is 1.69 bits per heavy atom. The lowest BCUT2D eigenvalue weighted by atomic mass is 10.1. The zero-order valence-electron chi connectivity index (χ0n) is 16.5. The molecule has 0 spiro atoms. The Morgan fingerprint density at radius 3 is 2.31 bits per heavy atom. The summed E-state index contributed by atoms with van der Waals surface area (Å²) in [5.74, 6) is -1.25. The highest BCUT2D eigenvalue weighted by molar-refractivity contribution is 7.89. The van der Waals surface area contributed by atoms with Crippen molar-refractivity contribution in [3.8, 4) is 0 Å². The molecule has 0 radical (unpaired) electrons. The predicted molar refractivity (Wildman–Crippen MR) is 108 cm³/mol. The first kappa shape index (κ1) is 22.5. The first-order chi connectivity index (χ1) is 13.6. The molecule has 0 saturated heterocycles. The molecule has 2 amide bonds. The van der Waals surface area contributed by atoms with Crippen LogP contribution in [0.15, 0.2) is 47.4 Å². The molecule has 0 unspecified atom stereocenters. The summed E-state index contributed by atoms with van der Waals surface area (Å²) in [5, 5.41) is 2.56. The molecule has 29 heavy (non-hydrogen) atoms. The lowest BCUT2D eigenvalue weighted by Gasteiger charge is -2.17. The van der Waals surface area contributed by atoms with Crippen LogP contribution >= 0.6 is 0 Å². The number of nitrogens with zero attached hydrogens (tertiary/aromatic N) is 1. The summed E-state index contributed by atoms with van der Waals surface area (Å²) in [6.07, 6.45) is -0.0929. The summed E-state index contributed by atoms with van der Waals surface area (Å²) in [6.45, 7) is 3.42. The molecular weight excluding hydrogens is 397 g/mol. The minimum absolute atomic E-state index is 0.0853. The predicted octanol–water partition coefficient (Wildman–Crippen LogP) is 2.21. The minimum atomic E-state index is -3.72. The average molecular weight is 421 g/mol. The number of hydrogen-bond donors (Lipinski definition) is 2. The van der Waals surface area contributed by atoms with Gasteiger partial charge in [-0.15, -0.1) is 0 Å². The van der Waals surface area contributed by atoms with Gasteiger partial charge in [0.05, 0.1) is 11.4 Å². The fourth-order valence-electron chi connectivity index (χ4n) is 2.48. The Kier molecular flexibility index (Phi) is 7.46. The van der Waals surface area contributed by atoms with Crippen molar-refractivity contribution < 1.29 is 22.4 Å². The average Bonchev–Trinajstić information content (AvgIpc) is 2.65. The van der Waals surface area contributed by atoms with Gasteiger partial charge in [0, 0.05) is 25.7 Å². The Hall–Kier alpha value is -2.78. The van der Waals surface area contributed by atoms with Crippen LogP contribution in [0.1, 0.15) is 17.5 Å². The van der Waals surface area contributed by atoms with Crippen molar-refractivity contribution in [3.63, 3.8) is 0 Å². The quantitative estimate of drug-likeness (QED) is 0.683. The first-order valence-corrected chi connectivity index (χ1v) is 10.4. The molecule has 0 atom stereocenters. The zero-order valence-corrected chi connectivity index (χ0v) is 17.3. The van der Waals surface area contributed by atoms with Crippen LogP contribution < -0.4 is 10.0 Å². The second kappa shape index (κ2) is 9.62. The van der Waals surface area contributed by atoms with Crippen molar-refractivity contribution >= 4 is 27.5 Å². The lowest BCUT2D eigenvalue weighted by molar-refractivity contribution is -0.133. The minimum Gasteiger partial charge on any atom is -0.336 e. The maximum Gasteiger partial charge on any atom is 0.243 e. The van der Waals surface area contributed by atoms with Crippen molar-refractivity contribution in [3.05, 3.63) is 59.4 Å². The molecule has 7 nitrogen and oxygen atoms in total. The Bertz CT molecular complexity index is 991. The molecule has 0 fully saturated rings. The summed E-state index contributed by atoms with van der Waals surface area (Å²) >= 11 is 0. The van der Waals surface area contributed by atoms with Crippen LogP contribution in [0.3, 0.4) is 0 Å². The molecule has 0 saturated carbocycles. The van der Waals surface area contributed by atoms with Gasteiger partial charge in [0.15, 0.2) is 0 Å².